The fraction of sp³-hybridized carbons (Fsp3) is 1.00. The highest BCUT2D eigenvalue weighted by Gasteiger charge is 2.23. The lowest BCUT2D eigenvalue weighted by atomic mass is 10.2. The molecule has 1 rings (SSSR count). The van der Waals surface area contributed by atoms with Crippen molar-refractivity contribution in [2.45, 2.75) is 39.0 Å². The van der Waals surface area contributed by atoms with Gasteiger partial charge in [-0.05, 0) is 51.2 Å². The second-order valence-corrected chi connectivity index (χ2v) is 4.19. The summed E-state index contributed by atoms with van der Waals surface area (Å²) in [6.45, 7) is 6.98. The molecule has 1 aliphatic rings. The van der Waals surface area contributed by atoms with Crippen LogP contribution < -0.4 is 5.73 Å². The third kappa shape index (κ3) is 5.27. The molecule has 13 heavy (non-hydrogen) atoms. The molecule has 2 N–H and O–H groups in total. The van der Waals surface area contributed by atoms with E-state index in [0.717, 1.165) is 12.5 Å². The fourth-order valence-electron chi connectivity index (χ4n) is 1.70. The standard InChI is InChI=1S/C11H24N2/c1-2-13(10-11-6-7-11)9-5-3-4-8-12/h11H,2-10,12H2,1H3. The molecule has 1 saturated carbocycles. The van der Waals surface area contributed by atoms with Gasteiger partial charge in [-0.2, -0.15) is 0 Å². The van der Waals surface area contributed by atoms with Gasteiger partial charge < -0.3 is 10.6 Å². The van der Waals surface area contributed by atoms with Crippen molar-refractivity contribution in [1.82, 2.24) is 4.90 Å². The van der Waals surface area contributed by atoms with Gasteiger partial charge in [-0.1, -0.05) is 13.3 Å². The number of nitrogens with zero attached hydrogens (tertiary/aromatic N) is 1. The highest BCUT2D eigenvalue weighted by atomic mass is 15.1. The Morgan fingerprint density at radius 2 is 2.00 bits per heavy atom. The maximum atomic E-state index is 5.46. The molecule has 78 valence electrons. The minimum Gasteiger partial charge on any atom is -0.330 e. The van der Waals surface area contributed by atoms with Crippen LogP contribution in [-0.2, 0) is 0 Å². The molecule has 1 fully saturated rings. The van der Waals surface area contributed by atoms with Crippen LogP contribution in [0.2, 0.25) is 0 Å². The van der Waals surface area contributed by atoms with E-state index in [-0.39, 0.29) is 0 Å². The third-order valence-corrected chi connectivity index (χ3v) is 2.84. The number of rotatable bonds is 8. The van der Waals surface area contributed by atoms with Crippen LogP contribution in [0.15, 0.2) is 0 Å². The molecule has 0 saturated heterocycles. The highest BCUT2D eigenvalue weighted by Crippen LogP contribution is 2.29. The van der Waals surface area contributed by atoms with Crippen LogP contribution in [-0.4, -0.2) is 31.1 Å². The molecule has 2 nitrogen and oxygen atoms in total. The minimum absolute atomic E-state index is 0.856. The van der Waals surface area contributed by atoms with Gasteiger partial charge in [0.25, 0.3) is 0 Å². The summed E-state index contributed by atoms with van der Waals surface area (Å²) in [5.74, 6) is 1.04. The van der Waals surface area contributed by atoms with Crippen molar-refractivity contribution in [3.05, 3.63) is 0 Å². The lowest BCUT2D eigenvalue weighted by Gasteiger charge is -2.19. The molecule has 0 atom stereocenters. The van der Waals surface area contributed by atoms with Gasteiger partial charge in [-0.25, -0.2) is 0 Å². The molecule has 2 heteroatoms. The lowest BCUT2D eigenvalue weighted by Crippen LogP contribution is -2.26. The van der Waals surface area contributed by atoms with Crippen LogP contribution in [0, 0.1) is 5.92 Å². The molecule has 0 aromatic rings. The van der Waals surface area contributed by atoms with E-state index >= 15 is 0 Å². The van der Waals surface area contributed by atoms with Crippen molar-refractivity contribution in [3.8, 4) is 0 Å². The first-order valence-corrected chi connectivity index (χ1v) is 5.79. The summed E-state index contributed by atoms with van der Waals surface area (Å²) in [6, 6.07) is 0. The Hall–Kier alpha value is -0.0800. The topological polar surface area (TPSA) is 29.3 Å². The van der Waals surface area contributed by atoms with Crippen molar-refractivity contribution in [2.24, 2.45) is 11.7 Å². The monoisotopic (exact) mass is 184 g/mol. The predicted molar refractivity (Wildman–Crippen MR) is 57.7 cm³/mol. The van der Waals surface area contributed by atoms with E-state index in [9.17, 15) is 0 Å². The highest BCUT2D eigenvalue weighted by molar-refractivity contribution is 4.76. The molecule has 1 aliphatic carbocycles. The summed E-state index contributed by atoms with van der Waals surface area (Å²) >= 11 is 0. The normalized spacial score (nSPS) is 16.8. The van der Waals surface area contributed by atoms with E-state index in [1.165, 1.54) is 51.7 Å². The fourth-order valence-corrected chi connectivity index (χ4v) is 1.70. The van der Waals surface area contributed by atoms with Crippen molar-refractivity contribution in [2.75, 3.05) is 26.2 Å². The summed E-state index contributed by atoms with van der Waals surface area (Å²) in [4.78, 5) is 2.59. The smallest absolute Gasteiger partial charge is 0.000954 e. The molecule has 0 aromatic carbocycles. The van der Waals surface area contributed by atoms with Gasteiger partial charge in [0.05, 0.1) is 0 Å². The Balaban J connectivity index is 1.94. The first-order valence-electron chi connectivity index (χ1n) is 5.79. The Kier molecular flexibility index (Phi) is 5.40. The number of hydrogen-bond donors (Lipinski definition) is 1. The predicted octanol–water partition coefficient (Wildman–Crippen LogP) is 1.85. The maximum Gasteiger partial charge on any atom is 0.000954 e. The van der Waals surface area contributed by atoms with E-state index in [1.807, 2.05) is 0 Å². The first-order chi connectivity index (χ1) is 6.36. The van der Waals surface area contributed by atoms with E-state index in [1.54, 1.807) is 0 Å². The van der Waals surface area contributed by atoms with Gasteiger partial charge in [-0.15, -0.1) is 0 Å². The molecule has 0 aliphatic heterocycles. The summed E-state index contributed by atoms with van der Waals surface area (Å²) in [7, 11) is 0. The molecule has 0 bridgehead atoms. The molecular formula is C11H24N2. The summed E-state index contributed by atoms with van der Waals surface area (Å²) < 4.78 is 0. The number of unbranched alkanes of at least 4 members (excludes halogenated alkanes) is 2. The molecule has 0 heterocycles. The average Bonchev–Trinajstić information content (AvgIpc) is 2.94. The second kappa shape index (κ2) is 6.39. The zero-order valence-electron chi connectivity index (χ0n) is 8.97. The van der Waals surface area contributed by atoms with Crippen LogP contribution in [0.3, 0.4) is 0 Å². The summed E-state index contributed by atoms with van der Waals surface area (Å²) in [5.41, 5.74) is 5.46. The second-order valence-electron chi connectivity index (χ2n) is 4.19. The Labute approximate surface area is 82.5 Å². The lowest BCUT2D eigenvalue weighted by molar-refractivity contribution is 0.270. The Bertz CT molecular complexity index is 121. The van der Waals surface area contributed by atoms with Crippen LogP contribution >= 0.6 is 0 Å². The number of hydrogen-bond acceptors (Lipinski definition) is 2. The van der Waals surface area contributed by atoms with Crippen molar-refractivity contribution >= 4 is 0 Å². The SMILES string of the molecule is CCN(CCCCCN)CC1CC1. The van der Waals surface area contributed by atoms with Crippen LogP contribution in [0.5, 0.6) is 0 Å². The quantitative estimate of drug-likeness (QED) is 0.583. The third-order valence-electron chi connectivity index (χ3n) is 2.84. The summed E-state index contributed by atoms with van der Waals surface area (Å²) in [6.07, 6.45) is 6.77. The van der Waals surface area contributed by atoms with Gasteiger partial charge in [0.2, 0.25) is 0 Å². The first kappa shape index (κ1) is 11.0. The van der Waals surface area contributed by atoms with E-state index in [2.05, 4.69) is 11.8 Å². The Morgan fingerprint density at radius 1 is 1.23 bits per heavy atom. The maximum absolute atomic E-state index is 5.46. The molecule has 0 amide bonds. The van der Waals surface area contributed by atoms with E-state index in [4.69, 9.17) is 5.73 Å². The van der Waals surface area contributed by atoms with Crippen LogP contribution in [0.25, 0.3) is 0 Å². The van der Waals surface area contributed by atoms with Crippen molar-refractivity contribution in [1.29, 1.82) is 0 Å². The molecule has 0 spiro atoms. The van der Waals surface area contributed by atoms with E-state index in [0.29, 0.717) is 0 Å². The minimum atomic E-state index is 0.856. The van der Waals surface area contributed by atoms with Gasteiger partial charge in [0.1, 0.15) is 0 Å². The van der Waals surface area contributed by atoms with Gasteiger partial charge in [-0.3, -0.25) is 0 Å². The average molecular weight is 184 g/mol. The van der Waals surface area contributed by atoms with Gasteiger partial charge in [0, 0.05) is 6.54 Å². The largest absolute Gasteiger partial charge is 0.330 e. The number of nitrogens with two attached hydrogens (primary N) is 1. The molecular weight excluding hydrogens is 160 g/mol. The van der Waals surface area contributed by atoms with Crippen LogP contribution in [0.1, 0.15) is 39.0 Å². The molecule has 0 radical (unpaired) electrons. The zero-order chi connectivity index (χ0) is 9.52. The van der Waals surface area contributed by atoms with Crippen molar-refractivity contribution in [3.63, 3.8) is 0 Å². The van der Waals surface area contributed by atoms with Gasteiger partial charge in [0.15, 0.2) is 0 Å². The van der Waals surface area contributed by atoms with E-state index < -0.39 is 0 Å². The van der Waals surface area contributed by atoms with Gasteiger partial charge >= 0.3 is 0 Å². The Morgan fingerprint density at radius 3 is 2.54 bits per heavy atom. The van der Waals surface area contributed by atoms with Crippen LogP contribution in [0.4, 0.5) is 0 Å². The summed E-state index contributed by atoms with van der Waals surface area (Å²) in [5, 5.41) is 0. The van der Waals surface area contributed by atoms with Crippen molar-refractivity contribution < 1.29 is 0 Å². The molecule has 0 unspecified atom stereocenters. The molecule has 0 aromatic heterocycles. The zero-order valence-corrected chi connectivity index (χ0v) is 8.97.